The number of hydrogen-bond donors (Lipinski definition) is 1. The van der Waals surface area contributed by atoms with E-state index in [0.717, 1.165) is 29.8 Å². The number of aliphatic carboxylic acids is 1. The molecule has 0 fully saturated rings. The Morgan fingerprint density at radius 2 is 1.46 bits per heavy atom. The molecule has 1 N–H and O–H groups in total. The minimum absolute atomic E-state index is 0.0745. The number of rotatable bonds is 11. The number of aromatic nitrogens is 3. The van der Waals surface area contributed by atoms with Crippen LogP contribution in [0, 0.1) is 5.82 Å². The van der Waals surface area contributed by atoms with E-state index >= 15 is 0 Å². The summed E-state index contributed by atoms with van der Waals surface area (Å²) in [6, 6.07) is 21.4. The lowest BCUT2D eigenvalue weighted by Gasteiger charge is -2.26. The van der Waals surface area contributed by atoms with Crippen molar-refractivity contribution in [3.05, 3.63) is 117 Å². The number of ether oxygens (including phenoxy) is 1. The summed E-state index contributed by atoms with van der Waals surface area (Å²) in [7, 11) is 1.75. The van der Waals surface area contributed by atoms with E-state index in [2.05, 4.69) is 50.1 Å². The number of carbonyl (C=O) groups is 1. The zero-order valence-electron chi connectivity index (χ0n) is 24.4. The molecular weight excluding hydrogens is 521 g/mol. The monoisotopic (exact) mass is 559 g/mol. The highest BCUT2D eigenvalue weighted by molar-refractivity contribution is 5.78. The van der Waals surface area contributed by atoms with Crippen molar-refractivity contribution in [2.45, 2.75) is 70.9 Å². The van der Waals surface area contributed by atoms with Gasteiger partial charge in [-0.1, -0.05) is 69.3 Å². The Morgan fingerprint density at radius 1 is 0.878 bits per heavy atom. The first-order valence-corrected chi connectivity index (χ1v) is 13.8. The lowest BCUT2D eigenvalue weighted by atomic mass is 9.87. The SMILES string of the molecule is Cn1c(CCCc2ccc(OC(C)(Cc3ccc(F)cc3)C(=O)O)cc2)nn(Cc2ccc(C(C)(C)C)cc2)c1=O. The van der Waals surface area contributed by atoms with Crippen molar-refractivity contribution in [1.82, 2.24) is 14.3 Å². The fraction of sp³-hybridized carbons (Fsp3) is 0.364. The number of carboxylic acids is 1. The molecular formula is C33H38FN3O4. The molecule has 0 bridgehead atoms. The van der Waals surface area contributed by atoms with E-state index in [4.69, 9.17) is 4.74 Å². The zero-order chi connectivity index (χ0) is 29.8. The second-order valence-electron chi connectivity index (χ2n) is 11.8. The number of carboxylic acid groups (broad SMARTS) is 1. The average Bonchev–Trinajstić information content (AvgIpc) is 3.18. The molecule has 41 heavy (non-hydrogen) atoms. The van der Waals surface area contributed by atoms with Gasteiger partial charge in [-0.15, -0.1) is 0 Å². The molecule has 4 aromatic rings. The second kappa shape index (κ2) is 12.1. The maximum absolute atomic E-state index is 13.2. The third-order valence-corrected chi connectivity index (χ3v) is 7.32. The Balaban J connectivity index is 1.34. The highest BCUT2D eigenvalue weighted by Gasteiger charge is 2.36. The van der Waals surface area contributed by atoms with Crippen molar-refractivity contribution in [2.75, 3.05) is 0 Å². The molecule has 8 heteroatoms. The molecule has 7 nitrogen and oxygen atoms in total. The molecule has 0 saturated carbocycles. The summed E-state index contributed by atoms with van der Waals surface area (Å²) in [6.45, 7) is 8.46. The van der Waals surface area contributed by atoms with E-state index < -0.39 is 11.6 Å². The van der Waals surface area contributed by atoms with Crippen LogP contribution >= 0.6 is 0 Å². The van der Waals surface area contributed by atoms with Gasteiger partial charge in [0.05, 0.1) is 6.54 Å². The van der Waals surface area contributed by atoms with E-state index in [9.17, 15) is 19.1 Å². The van der Waals surface area contributed by atoms with Crippen LogP contribution in [-0.2, 0) is 43.1 Å². The van der Waals surface area contributed by atoms with Gasteiger partial charge in [0.15, 0.2) is 0 Å². The summed E-state index contributed by atoms with van der Waals surface area (Å²) in [6.07, 6.45) is 2.30. The molecule has 1 atom stereocenters. The van der Waals surface area contributed by atoms with Crippen LogP contribution in [0.4, 0.5) is 4.39 Å². The molecule has 0 aliphatic heterocycles. The Kier molecular flexibility index (Phi) is 8.80. The van der Waals surface area contributed by atoms with Crippen molar-refractivity contribution in [3.8, 4) is 5.75 Å². The second-order valence-corrected chi connectivity index (χ2v) is 11.8. The van der Waals surface area contributed by atoms with Crippen LogP contribution in [0.5, 0.6) is 5.75 Å². The molecule has 0 aliphatic carbocycles. The van der Waals surface area contributed by atoms with Crippen molar-refractivity contribution in [2.24, 2.45) is 7.05 Å². The fourth-order valence-corrected chi connectivity index (χ4v) is 4.72. The average molecular weight is 560 g/mol. The van der Waals surface area contributed by atoms with Crippen LogP contribution in [0.15, 0.2) is 77.6 Å². The van der Waals surface area contributed by atoms with Gasteiger partial charge in [0, 0.05) is 19.9 Å². The van der Waals surface area contributed by atoms with E-state index in [1.165, 1.54) is 29.3 Å². The molecule has 1 heterocycles. The Labute approximate surface area is 240 Å². The third kappa shape index (κ3) is 7.51. The normalized spacial score (nSPS) is 13.1. The van der Waals surface area contributed by atoms with Gasteiger partial charge < -0.3 is 9.84 Å². The van der Waals surface area contributed by atoms with E-state index in [1.54, 1.807) is 35.9 Å². The predicted molar refractivity (Wildman–Crippen MR) is 157 cm³/mol. The maximum Gasteiger partial charge on any atom is 0.348 e. The first-order chi connectivity index (χ1) is 19.3. The molecule has 4 rings (SSSR count). The number of benzene rings is 3. The lowest BCUT2D eigenvalue weighted by molar-refractivity contribution is -0.153. The number of nitrogens with zero attached hydrogens (tertiary/aromatic N) is 3. The molecule has 0 spiro atoms. The summed E-state index contributed by atoms with van der Waals surface area (Å²) < 4.78 is 22.2. The number of halogens is 1. The molecule has 216 valence electrons. The highest BCUT2D eigenvalue weighted by Crippen LogP contribution is 2.25. The van der Waals surface area contributed by atoms with Crippen LogP contribution in [0.3, 0.4) is 0 Å². The Morgan fingerprint density at radius 3 is 2.05 bits per heavy atom. The molecule has 0 aliphatic rings. The van der Waals surface area contributed by atoms with Gasteiger partial charge in [0.1, 0.15) is 17.4 Å². The van der Waals surface area contributed by atoms with Gasteiger partial charge in [-0.2, -0.15) is 5.10 Å². The van der Waals surface area contributed by atoms with E-state index in [0.29, 0.717) is 24.3 Å². The van der Waals surface area contributed by atoms with Gasteiger partial charge in [-0.25, -0.2) is 18.7 Å². The molecule has 1 unspecified atom stereocenters. The van der Waals surface area contributed by atoms with Gasteiger partial charge in [0.25, 0.3) is 0 Å². The van der Waals surface area contributed by atoms with Crippen molar-refractivity contribution < 1.29 is 19.0 Å². The smallest absolute Gasteiger partial charge is 0.348 e. The standard InChI is InChI=1S/C33H38FN3O4/c1-32(2,3)26-15-9-25(10-16-26)22-37-31(40)36(5)29(35-37)8-6-7-23-13-19-28(20-14-23)41-33(4,30(38)39)21-24-11-17-27(34)18-12-24/h9-20H,6-8,21-22H2,1-5H3,(H,38,39). The van der Waals surface area contributed by atoms with Crippen LogP contribution in [0.25, 0.3) is 0 Å². The van der Waals surface area contributed by atoms with Crippen molar-refractivity contribution in [3.63, 3.8) is 0 Å². The Bertz CT molecular complexity index is 1530. The first kappa shape index (κ1) is 29.8. The topological polar surface area (TPSA) is 86.3 Å². The molecule has 0 saturated heterocycles. The molecule has 3 aromatic carbocycles. The largest absolute Gasteiger partial charge is 0.478 e. The minimum atomic E-state index is -1.50. The van der Waals surface area contributed by atoms with Crippen LogP contribution in [0.1, 0.15) is 62.2 Å². The molecule has 0 radical (unpaired) electrons. The minimum Gasteiger partial charge on any atom is -0.478 e. The fourth-order valence-electron chi connectivity index (χ4n) is 4.72. The number of hydrogen-bond acceptors (Lipinski definition) is 4. The summed E-state index contributed by atoms with van der Waals surface area (Å²) in [5, 5.41) is 14.4. The quantitative estimate of drug-likeness (QED) is 0.255. The predicted octanol–water partition coefficient (Wildman–Crippen LogP) is 5.71. The molecule has 0 amide bonds. The Hall–Kier alpha value is -4.20. The van der Waals surface area contributed by atoms with Gasteiger partial charge >= 0.3 is 11.7 Å². The van der Waals surface area contributed by atoms with Gasteiger partial charge in [-0.05, 0) is 71.7 Å². The lowest BCUT2D eigenvalue weighted by Crippen LogP contribution is -2.43. The van der Waals surface area contributed by atoms with Gasteiger partial charge in [0.2, 0.25) is 5.60 Å². The van der Waals surface area contributed by atoms with Crippen molar-refractivity contribution in [1.29, 1.82) is 0 Å². The van der Waals surface area contributed by atoms with Crippen LogP contribution in [-0.4, -0.2) is 31.0 Å². The first-order valence-electron chi connectivity index (χ1n) is 13.8. The highest BCUT2D eigenvalue weighted by atomic mass is 19.1. The summed E-state index contributed by atoms with van der Waals surface area (Å²) in [4.78, 5) is 24.8. The van der Waals surface area contributed by atoms with Crippen LogP contribution < -0.4 is 10.4 Å². The summed E-state index contributed by atoms with van der Waals surface area (Å²) >= 11 is 0. The van der Waals surface area contributed by atoms with Crippen LogP contribution in [0.2, 0.25) is 0 Å². The summed E-state index contributed by atoms with van der Waals surface area (Å²) in [5.74, 6) is -0.297. The third-order valence-electron chi connectivity index (χ3n) is 7.32. The van der Waals surface area contributed by atoms with Crippen molar-refractivity contribution >= 4 is 5.97 Å². The number of aryl methyl sites for hydroxylation is 2. The van der Waals surface area contributed by atoms with E-state index in [1.807, 2.05) is 12.1 Å². The maximum atomic E-state index is 13.2. The molecule has 1 aromatic heterocycles. The zero-order valence-corrected chi connectivity index (χ0v) is 24.4. The van der Waals surface area contributed by atoms with E-state index in [-0.39, 0.29) is 23.3 Å². The van der Waals surface area contributed by atoms with Gasteiger partial charge in [-0.3, -0.25) is 4.57 Å². The summed E-state index contributed by atoms with van der Waals surface area (Å²) in [5.41, 5.74) is 2.45.